The molecular formula is C38H61N7O2. The number of allylic oxidation sites excluding steroid dienone is 3. The van der Waals surface area contributed by atoms with Crippen LogP contribution in [-0.4, -0.2) is 98.1 Å². The van der Waals surface area contributed by atoms with Crippen LogP contribution in [0, 0.1) is 6.92 Å². The van der Waals surface area contributed by atoms with E-state index in [2.05, 4.69) is 93.7 Å². The van der Waals surface area contributed by atoms with Crippen LogP contribution >= 0.6 is 0 Å². The number of likely N-dealkylation sites (tertiary alicyclic amines) is 1. The van der Waals surface area contributed by atoms with Crippen molar-refractivity contribution in [3.63, 3.8) is 0 Å². The molecule has 9 nitrogen and oxygen atoms in total. The number of nitrogens with zero attached hydrogens (tertiary/aromatic N) is 3. The Labute approximate surface area is 284 Å². The van der Waals surface area contributed by atoms with Gasteiger partial charge in [-0.2, -0.15) is 0 Å². The van der Waals surface area contributed by atoms with E-state index in [4.69, 9.17) is 0 Å². The number of piperazine rings is 1. The summed E-state index contributed by atoms with van der Waals surface area (Å²) in [6.45, 7) is 19.4. The molecule has 3 amide bonds. The predicted octanol–water partition coefficient (Wildman–Crippen LogP) is 4.84. The molecule has 4 N–H and O–H groups in total. The van der Waals surface area contributed by atoms with Crippen LogP contribution in [0.2, 0.25) is 0 Å². The zero-order valence-corrected chi connectivity index (χ0v) is 29.4. The highest BCUT2D eigenvalue weighted by atomic mass is 16.2. The van der Waals surface area contributed by atoms with E-state index in [9.17, 15) is 9.59 Å². The van der Waals surface area contributed by atoms with Gasteiger partial charge in [0.15, 0.2) is 0 Å². The van der Waals surface area contributed by atoms with Crippen LogP contribution in [0.15, 0.2) is 54.0 Å². The normalized spacial score (nSPS) is 19.6. The minimum atomic E-state index is 0.0769. The van der Waals surface area contributed by atoms with Gasteiger partial charge in [0.25, 0.3) is 0 Å². The van der Waals surface area contributed by atoms with Gasteiger partial charge in [-0.05, 0) is 87.8 Å². The summed E-state index contributed by atoms with van der Waals surface area (Å²) in [4.78, 5) is 30.5. The maximum Gasteiger partial charge on any atom is 0.321 e. The van der Waals surface area contributed by atoms with Gasteiger partial charge in [0, 0.05) is 76.7 Å². The van der Waals surface area contributed by atoms with Crippen LogP contribution in [-0.2, 0) is 17.6 Å². The number of nitrogens with one attached hydrogen (secondary N) is 4. The SMILES string of the molecule is C=C(NCCCC(CCNC=O)N1CCNCC1)N1CCC(N2CCC3=C(CCC=C3)NC2=O)CC1.CCc1ccc(C)cc1CC. The Morgan fingerprint density at radius 1 is 1.02 bits per heavy atom. The summed E-state index contributed by atoms with van der Waals surface area (Å²) in [7, 11) is 0. The average Bonchev–Trinajstić information content (AvgIpc) is 3.28. The summed E-state index contributed by atoms with van der Waals surface area (Å²) in [5.74, 6) is 0.998. The number of rotatable bonds is 14. The van der Waals surface area contributed by atoms with Gasteiger partial charge in [-0.25, -0.2) is 4.79 Å². The van der Waals surface area contributed by atoms with Crippen molar-refractivity contribution in [1.82, 2.24) is 36.0 Å². The fraction of sp³-hybridized carbons (Fsp3) is 0.632. The molecule has 0 aromatic heterocycles. The lowest BCUT2D eigenvalue weighted by atomic mass is 10.00. The monoisotopic (exact) mass is 647 g/mol. The van der Waals surface area contributed by atoms with Crippen molar-refractivity contribution in [2.75, 3.05) is 58.9 Å². The van der Waals surface area contributed by atoms with Gasteiger partial charge in [0.05, 0.1) is 5.82 Å². The van der Waals surface area contributed by atoms with Crippen LogP contribution < -0.4 is 21.3 Å². The Hall–Kier alpha value is -3.30. The fourth-order valence-corrected chi connectivity index (χ4v) is 7.41. The molecule has 0 saturated carbocycles. The molecule has 3 aliphatic heterocycles. The van der Waals surface area contributed by atoms with E-state index >= 15 is 0 Å². The lowest BCUT2D eigenvalue weighted by Crippen LogP contribution is -2.50. The van der Waals surface area contributed by atoms with Crippen LogP contribution in [0.5, 0.6) is 0 Å². The molecule has 2 saturated heterocycles. The molecule has 1 aliphatic carbocycles. The van der Waals surface area contributed by atoms with Crippen molar-refractivity contribution >= 4 is 12.4 Å². The highest BCUT2D eigenvalue weighted by Crippen LogP contribution is 2.26. The van der Waals surface area contributed by atoms with Crippen molar-refractivity contribution in [3.8, 4) is 0 Å². The topological polar surface area (TPSA) is 92.0 Å². The molecule has 9 heteroatoms. The number of carbonyl (C=O) groups is 2. The number of urea groups is 1. The molecule has 1 unspecified atom stereocenters. The molecule has 2 fully saturated rings. The smallest absolute Gasteiger partial charge is 0.321 e. The number of hydrogen-bond acceptors (Lipinski definition) is 6. The van der Waals surface area contributed by atoms with Crippen molar-refractivity contribution in [3.05, 3.63) is 70.7 Å². The van der Waals surface area contributed by atoms with E-state index in [0.29, 0.717) is 12.1 Å². The molecule has 1 aromatic rings. The molecule has 47 heavy (non-hydrogen) atoms. The van der Waals surface area contributed by atoms with Crippen molar-refractivity contribution in [1.29, 1.82) is 0 Å². The number of hydrogen-bond donors (Lipinski definition) is 4. The van der Waals surface area contributed by atoms with Crippen molar-refractivity contribution < 1.29 is 9.59 Å². The molecule has 0 radical (unpaired) electrons. The number of amides is 3. The average molecular weight is 648 g/mol. The summed E-state index contributed by atoms with van der Waals surface area (Å²) in [6.07, 6.45) is 15.5. The highest BCUT2D eigenvalue weighted by molar-refractivity contribution is 5.77. The summed E-state index contributed by atoms with van der Waals surface area (Å²) in [6, 6.07) is 7.60. The molecule has 260 valence electrons. The Balaban J connectivity index is 0.000000385. The maximum absolute atomic E-state index is 12.9. The molecule has 1 atom stereocenters. The van der Waals surface area contributed by atoms with Gasteiger partial charge in [-0.1, -0.05) is 56.3 Å². The van der Waals surface area contributed by atoms with Crippen molar-refractivity contribution in [2.24, 2.45) is 0 Å². The maximum atomic E-state index is 12.9. The molecule has 5 rings (SSSR count). The molecule has 3 heterocycles. The number of carbonyl (C=O) groups excluding carboxylic acids is 2. The zero-order valence-electron chi connectivity index (χ0n) is 29.4. The summed E-state index contributed by atoms with van der Waals surface area (Å²) >= 11 is 0. The van der Waals surface area contributed by atoms with E-state index < -0.39 is 0 Å². The largest absolute Gasteiger partial charge is 0.372 e. The van der Waals surface area contributed by atoms with E-state index in [-0.39, 0.29) is 6.03 Å². The second-order valence-electron chi connectivity index (χ2n) is 13.3. The second-order valence-corrected chi connectivity index (χ2v) is 13.3. The summed E-state index contributed by atoms with van der Waals surface area (Å²) in [5, 5.41) is 13.0. The first-order valence-electron chi connectivity index (χ1n) is 18.3. The van der Waals surface area contributed by atoms with Crippen LogP contribution in [0.4, 0.5) is 4.79 Å². The van der Waals surface area contributed by atoms with Gasteiger partial charge in [0.1, 0.15) is 0 Å². The van der Waals surface area contributed by atoms with E-state index in [1.807, 2.05) is 0 Å². The predicted molar refractivity (Wildman–Crippen MR) is 193 cm³/mol. The van der Waals surface area contributed by atoms with Gasteiger partial charge in [-0.15, -0.1) is 0 Å². The third-order valence-electron chi connectivity index (χ3n) is 10.2. The van der Waals surface area contributed by atoms with E-state index in [0.717, 1.165) is 141 Å². The lowest BCUT2D eigenvalue weighted by Gasteiger charge is -2.39. The fourth-order valence-electron chi connectivity index (χ4n) is 7.41. The first kappa shape index (κ1) is 36.5. The van der Waals surface area contributed by atoms with Crippen LogP contribution in [0.25, 0.3) is 0 Å². The number of benzene rings is 1. The minimum absolute atomic E-state index is 0.0769. The lowest BCUT2D eigenvalue weighted by molar-refractivity contribution is -0.109. The van der Waals surface area contributed by atoms with Gasteiger partial charge < -0.3 is 31.1 Å². The molecule has 4 aliphatic rings. The van der Waals surface area contributed by atoms with Gasteiger partial charge in [0.2, 0.25) is 6.41 Å². The molecule has 0 bridgehead atoms. The van der Waals surface area contributed by atoms with E-state index in [1.165, 1.54) is 22.3 Å². The van der Waals surface area contributed by atoms with Gasteiger partial charge in [-0.3, -0.25) is 9.69 Å². The second kappa shape index (κ2) is 19.5. The standard InChI is InChI=1S/C27H45N7O2.C11H16/c1-22(30-12-4-6-24(8-13-29-21-35)33-19-14-28-15-20-33)32-16-10-25(11-17-32)34-18-9-23-5-2-3-7-26(23)31-27(34)36;1-4-10-7-6-9(3)8-11(10)5-2/h2,5,21,24-25,28,30H,1,3-4,6-20H2,(H,29,35)(H,31,36);6-8H,4-5H2,1-3H3. The first-order chi connectivity index (χ1) is 22.9. The number of aryl methyl sites for hydroxylation is 3. The van der Waals surface area contributed by atoms with Gasteiger partial charge >= 0.3 is 6.03 Å². The zero-order chi connectivity index (χ0) is 33.4. The third-order valence-corrected chi connectivity index (χ3v) is 10.2. The highest BCUT2D eigenvalue weighted by Gasteiger charge is 2.31. The third kappa shape index (κ3) is 11.1. The first-order valence-corrected chi connectivity index (χ1v) is 18.3. The summed E-state index contributed by atoms with van der Waals surface area (Å²) < 4.78 is 0. The molecular weight excluding hydrogens is 586 g/mol. The van der Waals surface area contributed by atoms with Crippen LogP contribution in [0.3, 0.4) is 0 Å². The Bertz CT molecular complexity index is 1210. The molecule has 0 spiro atoms. The van der Waals surface area contributed by atoms with E-state index in [1.54, 1.807) is 0 Å². The Morgan fingerprint density at radius 3 is 2.51 bits per heavy atom. The van der Waals surface area contributed by atoms with Crippen LogP contribution in [0.1, 0.15) is 81.9 Å². The summed E-state index contributed by atoms with van der Waals surface area (Å²) in [5.41, 5.74) is 6.80. The minimum Gasteiger partial charge on any atom is -0.372 e. The molecule has 1 aromatic carbocycles. The number of piperidine rings is 1. The Kier molecular flexibility index (Phi) is 15.2. The van der Waals surface area contributed by atoms with Crippen molar-refractivity contribution in [2.45, 2.75) is 97.1 Å². The Morgan fingerprint density at radius 2 is 1.79 bits per heavy atom. The quantitative estimate of drug-likeness (QED) is 0.171.